The maximum atomic E-state index is 13.8. The quantitative estimate of drug-likeness (QED) is 0.260. The second-order valence-electron chi connectivity index (χ2n) is 9.68. The third-order valence-corrected chi connectivity index (χ3v) is 7.37. The number of fused-ring (bicyclic) bond motifs is 1. The molecule has 1 atom stereocenters. The van der Waals surface area contributed by atoms with Gasteiger partial charge in [-0.15, -0.1) is 5.10 Å². The van der Waals surface area contributed by atoms with Gasteiger partial charge in [-0.25, -0.2) is 4.68 Å². The maximum Gasteiger partial charge on any atom is 0.253 e. The van der Waals surface area contributed by atoms with Crippen LogP contribution in [0.25, 0.3) is 10.9 Å². The average Bonchev–Trinajstić information content (AvgIpc) is 3.40. The van der Waals surface area contributed by atoms with Gasteiger partial charge in [-0.3, -0.25) is 9.69 Å². The van der Waals surface area contributed by atoms with Crippen molar-refractivity contribution in [1.29, 1.82) is 0 Å². The highest BCUT2D eigenvalue weighted by Gasteiger charge is 2.31. The zero-order chi connectivity index (χ0) is 27.4. The standard InChI is InChI=1S/C30H31ClN6O2/c1-20-13-14-21(2)27-24(20)17-25(30(38)32-27)28(29-33-34-35-37(29)15-16-39-3)36(18-22-9-5-4-6-10-22)19-23-11-7-8-12-26(23)31/h4-14,17,28H,15-16,18-19H2,1-3H3,(H,32,38)/t28-/m1/s1. The summed E-state index contributed by atoms with van der Waals surface area (Å²) >= 11 is 6.64. The summed E-state index contributed by atoms with van der Waals surface area (Å²) in [5, 5.41) is 14.4. The lowest BCUT2D eigenvalue weighted by Crippen LogP contribution is -2.35. The molecule has 5 rings (SSSR count). The summed E-state index contributed by atoms with van der Waals surface area (Å²) in [5.41, 5.74) is 5.34. The lowest BCUT2D eigenvalue weighted by Gasteiger charge is -2.31. The molecule has 200 valence electrons. The summed E-state index contributed by atoms with van der Waals surface area (Å²) in [6.45, 7) is 5.94. The molecule has 0 saturated heterocycles. The molecule has 0 unspecified atom stereocenters. The molecule has 9 heteroatoms. The molecule has 0 fully saturated rings. The highest BCUT2D eigenvalue weighted by molar-refractivity contribution is 6.31. The Morgan fingerprint density at radius 3 is 2.51 bits per heavy atom. The fraction of sp³-hybridized carbons (Fsp3) is 0.267. The predicted molar refractivity (Wildman–Crippen MR) is 153 cm³/mol. The molecule has 2 aromatic heterocycles. The first kappa shape index (κ1) is 26.7. The maximum absolute atomic E-state index is 13.8. The molecule has 0 amide bonds. The average molecular weight is 543 g/mol. The van der Waals surface area contributed by atoms with Gasteiger partial charge < -0.3 is 9.72 Å². The number of rotatable bonds is 10. The molecule has 0 saturated carbocycles. The van der Waals surface area contributed by atoms with Gasteiger partial charge in [0.05, 0.1) is 18.7 Å². The van der Waals surface area contributed by atoms with Gasteiger partial charge in [0.25, 0.3) is 5.56 Å². The van der Waals surface area contributed by atoms with Gasteiger partial charge in [0.15, 0.2) is 5.82 Å². The number of benzene rings is 3. The SMILES string of the molecule is COCCn1nnnc1[C@@H](c1cc2c(C)ccc(C)c2[nH]c1=O)N(Cc1ccccc1)Cc1ccccc1Cl. The molecule has 0 radical (unpaired) electrons. The molecule has 2 heterocycles. The Hall–Kier alpha value is -3.85. The number of aromatic amines is 1. The minimum absolute atomic E-state index is 0.181. The normalized spacial score (nSPS) is 12.3. The van der Waals surface area contributed by atoms with Crippen molar-refractivity contribution in [3.63, 3.8) is 0 Å². The zero-order valence-corrected chi connectivity index (χ0v) is 23.0. The molecule has 1 N–H and O–H groups in total. The number of ether oxygens (including phenoxy) is 1. The third kappa shape index (κ3) is 5.78. The van der Waals surface area contributed by atoms with Crippen molar-refractivity contribution < 1.29 is 4.74 Å². The molecule has 39 heavy (non-hydrogen) atoms. The van der Waals surface area contributed by atoms with Crippen molar-refractivity contribution in [2.75, 3.05) is 13.7 Å². The van der Waals surface area contributed by atoms with E-state index < -0.39 is 6.04 Å². The van der Waals surface area contributed by atoms with Crippen LogP contribution in [0.3, 0.4) is 0 Å². The molecule has 0 aliphatic heterocycles. The second kappa shape index (κ2) is 11.9. The molecule has 0 spiro atoms. The topological polar surface area (TPSA) is 88.9 Å². The number of nitrogens with one attached hydrogen (secondary N) is 1. The molecule has 0 bridgehead atoms. The Labute approximate surface area is 232 Å². The molecule has 0 aliphatic rings. The Bertz CT molecular complexity index is 1630. The van der Waals surface area contributed by atoms with E-state index >= 15 is 0 Å². The van der Waals surface area contributed by atoms with E-state index in [0.717, 1.165) is 33.2 Å². The first-order chi connectivity index (χ1) is 19.0. The van der Waals surface area contributed by atoms with Crippen LogP contribution < -0.4 is 5.56 Å². The smallest absolute Gasteiger partial charge is 0.253 e. The minimum Gasteiger partial charge on any atom is -0.383 e. The van der Waals surface area contributed by atoms with Crippen LogP contribution >= 0.6 is 11.6 Å². The number of hydrogen-bond acceptors (Lipinski definition) is 6. The van der Waals surface area contributed by atoms with Crippen LogP contribution in [0.4, 0.5) is 0 Å². The second-order valence-corrected chi connectivity index (χ2v) is 10.1. The highest BCUT2D eigenvalue weighted by Crippen LogP contribution is 2.32. The van der Waals surface area contributed by atoms with Crippen molar-refractivity contribution in [3.8, 4) is 0 Å². The van der Waals surface area contributed by atoms with Crippen LogP contribution in [0.2, 0.25) is 5.02 Å². The van der Waals surface area contributed by atoms with Gasteiger partial charge in [0.1, 0.15) is 6.04 Å². The van der Waals surface area contributed by atoms with Crippen molar-refractivity contribution in [2.45, 2.75) is 39.5 Å². The number of H-pyrrole nitrogens is 1. The monoisotopic (exact) mass is 542 g/mol. The summed E-state index contributed by atoms with van der Waals surface area (Å²) < 4.78 is 7.03. The summed E-state index contributed by atoms with van der Waals surface area (Å²) in [4.78, 5) is 19.2. The molecular formula is C30H31ClN6O2. The van der Waals surface area contributed by atoms with E-state index in [1.54, 1.807) is 11.8 Å². The molecule has 8 nitrogen and oxygen atoms in total. The van der Waals surface area contributed by atoms with Gasteiger partial charge in [-0.1, -0.05) is 72.3 Å². The van der Waals surface area contributed by atoms with E-state index in [-0.39, 0.29) is 5.56 Å². The van der Waals surface area contributed by atoms with E-state index in [0.29, 0.717) is 42.7 Å². The Morgan fingerprint density at radius 2 is 1.74 bits per heavy atom. The molecular weight excluding hydrogens is 512 g/mol. The Balaban J connectivity index is 1.73. The number of pyridine rings is 1. The van der Waals surface area contributed by atoms with Crippen molar-refractivity contribution in [1.82, 2.24) is 30.1 Å². The zero-order valence-electron chi connectivity index (χ0n) is 22.3. The summed E-state index contributed by atoms with van der Waals surface area (Å²) in [6, 6.07) is 23.4. The van der Waals surface area contributed by atoms with Gasteiger partial charge in [-0.2, -0.15) is 0 Å². The van der Waals surface area contributed by atoms with Crippen LogP contribution in [-0.4, -0.2) is 43.8 Å². The Morgan fingerprint density at radius 1 is 1.00 bits per heavy atom. The van der Waals surface area contributed by atoms with E-state index in [1.807, 2.05) is 68.4 Å². The minimum atomic E-state index is -0.568. The predicted octanol–water partition coefficient (Wildman–Crippen LogP) is 5.22. The number of aromatic nitrogens is 5. The lowest BCUT2D eigenvalue weighted by molar-refractivity contribution is 0.169. The van der Waals surface area contributed by atoms with Gasteiger partial charge in [-0.05, 0) is 58.7 Å². The summed E-state index contributed by atoms with van der Waals surface area (Å²) in [7, 11) is 1.64. The lowest BCUT2D eigenvalue weighted by atomic mass is 9.98. The number of methoxy groups -OCH3 is 1. The van der Waals surface area contributed by atoms with E-state index in [9.17, 15) is 4.79 Å². The first-order valence-electron chi connectivity index (χ1n) is 12.9. The summed E-state index contributed by atoms with van der Waals surface area (Å²) in [5.74, 6) is 0.560. The number of nitrogens with zero attached hydrogens (tertiary/aromatic N) is 5. The molecule has 3 aromatic carbocycles. The van der Waals surface area contributed by atoms with Crippen LogP contribution in [0.15, 0.2) is 77.6 Å². The number of tetrazole rings is 1. The third-order valence-electron chi connectivity index (χ3n) is 7.00. The number of hydrogen-bond donors (Lipinski definition) is 1. The van der Waals surface area contributed by atoms with Gasteiger partial charge in [0.2, 0.25) is 0 Å². The first-order valence-corrected chi connectivity index (χ1v) is 13.2. The molecule has 0 aliphatic carbocycles. The van der Waals surface area contributed by atoms with Crippen molar-refractivity contribution >= 4 is 22.5 Å². The molecule has 5 aromatic rings. The number of halogens is 1. The van der Waals surface area contributed by atoms with Crippen LogP contribution in [0.5, 0.6) is 0 Å². The fourth-order valence-corrected chi connectivity index (χ4v) is 5.14. The van der Waals surface area contributed by atoms with Gasteiger partial charge in [0, 0.05) is 36.2 Å². The van der Waals surface area contributed by atoms with Crippen molar-refractivity contribution in [2.24, 2.45) is 0 Å². The van der Waals surface area contributed by atoms with E-state index in [2.05, 4.69) is 43.6 Å². The van der Waals surface area contributed by atoms with Crippen LogP contribution in [0.1, 0.15) is 39.7 Å². The highest BCUT2D eigenvalue weighted by atomic mass is 35.5. The van der Waals surface area contributed by atoms with E-state index in [1.165, 1.54) is 0 Å². The van der Waals surface area contributed by atoms with Gasteiger partial charge >= 0.3 is 0 Å². The Kier molecular flexibility index (Phi) is 8.16. The largest absolute Gasteiger partial charge is 0.383 e. The van der Waals surface area contributed by atoms with E-state index in [4.69, 9.17) is 16.3 Å². The number of aryl methyl sites for hydroxylation is 2. The van der Waals surface area contributed by atoms with Crippen molar-refractivity contribution in [3.05, 3.63) is 122 Å². The van der Waals surface area contributed by atoms with Crippen LogP contribution in [0, 0.1) is 13.8 Å². The fourth-order valence-electron chi connectivity index (χ4n) is 4.94. The summed E-state index contributed by atoms with van der Waals surface area (Å²) in [6.07, 6.45) is 0. The van der Waals surface area contributed by atoms with Crippen LogP contribution in [-0.2, 0) is 24.4 Å².